The topological polar surface area (TPSA) is 85.4 Å². The fourth-order valence-corrected chi connectivity index (χ4v) is 2.01. The standard InChI is InChI=1S/C15H13ClN2O4/c1-10(11-3-2-4-12(16)9-11)17-14(19)7-5-13-6-8-15(22-13)18(20)21/h2-10H,1H3,(H,17,19)/b7-5+/t10-/m0/s1. The number of furan rings is 1. The third-order valence-electron chi connectivity index (χ3n) is 2.90. The van der Waals surface area contributed by atoms with Crippen LogP contribution in [0.25, 0.3) is 6.08 Å². The van der Waals surface area contributed by atoms with E-state index in [9.17, 15) is 14.9 Å². The average Bonchev–Trinajstić information content (AvgIpc) is 2.94. The maximum atomic E-state index is 11.8. The van der Waals surface area contributed by atoms with Gasteiger partial charge >= 0.3 is 5.88 Å². The number of benzene rings is 1. The van der Waals surface area contributed by atoms with Crippen LogP contribution in [0.5, 0.6) is 0 Å². The molecule has 7 heteroatoms. The van der Waals surface area contributed by atoms with Crippen LogP contribution < -0.4 is 5.32 Å². The Morgan fingerprint density at radius 1 is 1.41 bits per heavy atom. The van der Waals surface area contributed by atoms with E-state index in [1.807, 2.05) is 13.0 Å². The van der Waals surface area contributed by atoms with Gasteiger partial charge in [0.1, 0.15) is 10.7 Å². The lowest BCUT2D eigenvalue weighted by molar-refractivity contribution is -0.402. The fourth-order valence-electron chi connectivity index (χ4n) is 1.81. The van der Waals surface area contributed by atoms with E-state index in [1.165, 1.54) is 24.3 Å². The molecule has 0 spiro atoms. The van der Waals surface area contributed by atoms with Crippen LogP contribution in [0.2, 0.25) is 5.02 Å². The van der Waals surface area contributed by atoms with Crippen LogP contribution in [0.3, 0.4) is 0 Å². The van der Waals surface area contributed by atoms with Gasteiger partial charge in [0.25, 0.3) is 0 Å². The SMILES string of the molecule is C[C@H](NC(=O)/C=C/c1ccc([N+](=O)[O-])o1)c1cccc(Cl)c1. The van der Waals surface area contributed by atoms with Crippen molar-refractivity contribution in [2.75, 3.05) is 0 Å². The molecule has 0 bridgehead atoms. The largest absolute Gasteiger partial charge is 0.433 e. The van der Waals surface area contributed by atoms with Gasteiger partial charge in [-0.15, -0.1) is 0 Å². The fraction of sp³-hybridized carbons (Fsp3) is 0.133. The molecule has 1 aromatic carbocycles. The molecule has 0 radical (unpaired) electrons. The number of rotatable bonds is 5. The van der Waals surface area contributed by atoms with Crippen LogP contribution in [0, 0.1) is 10.1 Å². The molecule has 0 unspecified atom stereocenters. The maximum Gasteiger partial charge on any atom is 0.433 e. The van der Waals surface area contributed by atoms with E-state index in [0.29, 0.717) is 5.02 Å². The highest BCUT2D eigenvalue weighted by Crippen LogP contribution is 2.18. The second kappa shape index (κ2) is 6.91. The molecule has 1 N–H and O–H groups in total. The van der Waals surface area contributed by atoms with E-state index < -0.39 is 4.92 Å². The van der Waals surface area contributed by atoms with Crippen molar-refractivity contribution in [3.63, 3.8) is 0 Å². The number of carbonyl (C=O) groups excluding carboxylic acids is 1. The average molecular weight is 321 g/mol. The Balaban J connectivity index is 1.97. The van der Waals surface area contributed by atoms with Gasteiger partial charge in [-0.05, 0) is 36.8 Å². The summed E-state index contributed by atoms with van der Waals surface area (Å²) in [5.74, 6) is -0.476. The Bertz CT molecular complexity index is 724. The van der Waals surface area contributed by atoms with Crippen molar-refractivity contribution in [2.24, 2.45) is 0 Å². The van der Waals surface area contributed by atoms with Gasteiger partial charge in [-0.2, -0.15) is 0 Å². The lowest BCUT2D eigenvalue weighted by Crippen LogP contribution is -2.24. The number of hydrogen-bond acceptors (Lipinski definition) is 4. The first-order valence-electron chi connectivity index (χ1n) is 6.44. The predicted molar refractivity (Wildman–Crippen MR) is 82.4 cm³/mol. The van der Waals surface area contributed by atoms with E-state index in [2.05, 4.69) is 5.32 Å². The Labute approximate surface area is 131 Å². The number of halogens is 1. The van der Waals surface area contributed by atoms with Gasteiger partial charge in [0.05, 0.1) is 12.1 Å². The normalized spacial score (nSPS) is 12.3. The maximum absolute atomic E-state index is 11.8. The molecule has 1 aromatic heterocycles. The molecular weight excluding hydrogens is 308 g/mol. The third kappa shape index (κ3) is 4.20. The first-order chi connectivity index (χ1) is 10.5. The number of hydrogen-bond donors (Lipinski definition) is 1. The molecule has 1 amide bonds. The van der Waals surface area contributed by atoms with Crippen molar-refractivity contribution < 1.29 is 14.1 Å². The highest BCUT2D eigenvalue weighted by molar-refractivity contribution is 6.30. The molecule has 1 atom stereocenters. The van der Waals surface area contributed by atoms with Crippen molar-refractivity contribution >= 4 is 29.5 Å². The van der Waals surface area contributed by atoms with Crippen molar-refractivity contribution in [3.8, 4) is 0 Å². The van der Waals surface area contributed by atoms with E-state index in [-0.39, 0.29) is 23.6 Å². The summed E-state index contributed by atoms with van der Waals surface area (Å²) in [6.45, 7) is 1.83. The summed E-state index contributed by atoms with van der Waals surface area (Å²) in [5, 5.41) is 13.8. The minimum absolute atomic E-state index is 0.221. The second-order valence-corrected chi connectivity index (χ2v) is 4.99. The number of carbonyl (C=O) groups is 1. The van der Waals surface area contributed by atoms with E-state index in [0.717, 1.165) is 5.56 Å². The summed E-state index contributed by atoms with van der Waals surface area (Å²) in [6.07, 6.45) is 2.62. The number of nitrogens with zero attached hydrogens (tertiary/aromatic N) is 1. The van der Waals surface area contributed by atoms with Gasteiger partial charge in [-0.3, -0.25) is 14.9 Å². The molecule has 0 saturated carbocycles. The first kappa shape index (κ1) is 15.8. The molecule has 1 heterocycles. The molecule has 0 saturated heterocycles. The van der Waals surface area contributed by atoms with Gasteiger partial charge in [-0.1, -0.05) is 23.7 Å². The molecule has 2 aromatic rings. The van der Waals surface area contributed by atoms with Crippen LogP contribution in [0.4, 0.5) is 5.88 Å². The van der Waals surface area contributed by atoms with Crippen LogP contribution in [0.15, 0.2) is 46.9 Å². The van der Waals surface area contributed by atoms with Gasteiger partial charge in [0.2, 0.25) is 5.91 Å². The summed E-state index contributed by atoms with van der Waals surface area (Å²) in [6, 6.07) is 9.61. The van der Waals surface area contributed by atoms with Crippen molar-refractivity contribution in [2.45, 2.75) is 13.0 Å². The molecule has 114 valence electrons. The van der Waals surface area contributed by atoms with E-state index in [1.54, 1.807) is 18.2 Å². The Hall–Kier alpha value is -2.60. The lowest BCUT2D eigenvalue weighted by Gasteiger charge is -2.12. The molecule has 0 aliphatic heterocycles. The summed E-state index contributed by atoms with van der Waals surface area (Å²) in [5.41, 5.74) is 0.878. The van der Waals surface area contributed by atoms with Crippen molar-refractivity contribution in [1.29, 1.82) is 0 Å². The smallest absolute Gasteiger partial charge is 0.401 e. The van der Waals surface area contributed by atoms with Gasteiger partial charge < -0.3 is 9.73 Å². The molecule has 0 aliphatic rings. The second-order valence-electron chi connectivity index (χ2n) is 4.55. The van der Waals surface area contributed by atoms with Crippen molar-refractivity contribution in [1.82, 2.24) is 5.32 Å². The quantitative estimate of drug-likeness (QED) is 0.516. The minimum atomic E-state index is -0.640. The van der Waals surface area contributed by atoms with E-state index >= 15 is 0 Å². The zero-order valence-corrected chi connectivity index (χ0v) is 12.4. The van der Waals surface area contributed by atoms with Crippen LogP contribution in [-0.2, 0) is 4.79 Å². The van der Waals surface area contributed by atoms with Crippen LogP contribution >= 0.6 is 11.6 Å². The number of amides is 1. The molecule has 2 rings (SSSR count). The Kier molecular flexibility index (Phi) is 4.95. The van der Waals surface area contributed by atoms with Gasteiger partial charge in [0, 0.05) is 11.1 Å². The summed E-state index contributed by atoms with van der Waals surface area (Å²) < 4.78 is 4.92. The summed E-state index contributed by atoms with van der Waals surface area (Å²) in [7, 11) is 0. The Morgan fingerprint density at radius 2 is 2.18 bits per heavy atom. The highest BCUT2D eigenvalue weighted by Gasteiger charge is 2.11. The zero-order chi connectivity index (χ0) is 16.1. The number of nitrogens with one attached hydrogen (secondary N) is 1. The summed E-state index contributed by atoms with van der Waals surface area (Å²) >= 11 is 5.90. The minimum Gasteiger partial charge on any atom is -0.401 e. The Morgan fingerprint density at radius 3 is 2.82 bits per heavy atom. The molecule has 0 fully saturated rings. The first-order valence-corrected chi connectivity index (χ1v) is 6.82. The number of nitro groups is 1. The zero-order valence-electron chi connectivity index (χ0n) is 11.7. The molecular formula is C15H13ClN2O4. The lowest BCUT2D eigenvalue weighted by atomic mass is 10.1. The van der Waals surface area contributed by atoms with Gasteiger partial charge in [-0.25, -0.2) is 0 Å². The monoisotopic (exact) mass is 320 g/mol. The highest BCUT2D eigenvalue weighted by atomic mass is 35.5. The van der Waals surface area contributed by atoms with Gasteiger partial charge in [0.15, 0.2) is 0 Å². The predicted octanol–water partition coefficient (Wildman–Crippen LogP) is 3.73. The van der Waals surface area contributed by atoms with Crippen molar-refractivity contribution in [3.05, 3.63) is 68.9 Å². The van der Waals surface area contributed by atoms with E-state index in [4.69, 9.17) is 16.0 Å². The van der Waals surface area contributed by atoms with Crippen LogP contribution in [0.1, 0.15) is 24.3 Å². The summed E-state index contributed by atoms with van der Waals surface area (Å²) in [4.78, 5) is 21.7. The van der Waals surface area contributed by atoms with Crippen LogP contribution in [-0.4, -0.2) is 10.8 Å². The molecule has 22 heavy (non-hydrogen) atoms. The third-order valence-corrected chi connectivity index (χ3v) is 3.13. The molecule has 6 nitrogen and oxygen atoms in total. The molecule has 0 aliphatic carbocycles.